The van der Waals surface area contributed by atoms with Crippen molar-refractivity contribution in [1.82, 2.24) is 14.9 Å². The molecule has 2 fully saturated rings. The molecule has 3 heterocycles. The summed E-state index contributed by atoms with van der Waals surface area (Å²) in [6.07, 6.45) is 2.49. The van der Waals surface area contributed by atoms with Crippen molar-refractivity contribution < 1.29 is 4.74 Å². The Morgan fingerprint density at radius 3 is 2.95 bits per heavy atom. The minimum atomic E-state index is -0.264. The number of hydrogen-bond acceptors (Lipinski definition) is 6. The van der Waals surface area contributed by atoms with Crippen LogP contribution < -0.4 is 16.2 Å². The maximum atomic E-state index is 11.5. The minimum Gasteiger partial charge on any atom is -0.391 e. The fourth-order valence-electron chi connectivity index (χ4n) is 2.83. The van der Waals surface area contributed by atoms with Gasteiger partial charge in [-0.25, -0.2) is 4.98 Å². The molecular weight excluding hydrogens is 246 g/mol. The molecule has 3 N–H and O–H groups in total. The van der Waals surface area contributed by atoms with Crippen molar-refractivity contribution >= 4 is 11.5 Å². The molecule has 7 heteroatoms. The zero-order chi connectivity index (χ0) is 13.2. The maximum absolute atomic E-state index is 11.5. The number of rotatable bonds is 2. The molecule has 0 aliphatic carbocycles. The molecule has 19 heavy (non-hydrogen) atoms. The van der Waals surface area contributed by atoms with Crippen molar-refractivity contribution in [3.63, 3.8) is 0 Å². The van der Waals surface area contributed by atoms with E-state index in [1.165, 1.54) is 6.33 Å². The lowest BCUT2D eigenvalue weighted by Crippen LogP contribution is -2.44. The molecule has 2 saturated heterocycles. The maximum Gasteiger partial charge on any atom is 0.276 e. The van der Waals surface area contributed by atoms with E-state index in [9.17, 15) is 4.79 Å². The summed E-state index contributed by atoms with van der Waals surface area (Å²) in [5, 5.41) is 0. The van der Waals surface area contributed by atoms with Crippen molar-refractivity contribution in [2.24, 2.45) is 0 Å². The van der Waals surface area contributed by atoms with Crippen LogP contribution in [0.2, 0.25) is 0 Å². The zero-order valence-corrected chi connectivity index (χ0v) is 10.8. The Bertz CT molecular complexity index is 497. The van der Waals surface area contributed by atoms with Crippen LogP contribution in [0, 0.1) is 0 Å². The highest BCUT2D eigenvalue weighted by atomic mass is 16.5. The predicted octanol–water partition coefficient (Wildman–Crippen LogP) is -0.737. The van der Waals surface area contributed by atoms with Gasteiger partial charge in [0.15, 0.2) is 5.82 Å². The third kappa shape index (κ3) is 2.43. The van der Waals surface area contributed by atoms with Gasteiger partial charge in [-0.05, 0) is 6.42 Å². The van der Waals surface area contributed by atoms with Gasteiger partial charge in [0, 0.05) is 32.2 Å². The molecular formula is C12H19N5O2. The van der Waals surface area contributed by atoms with E-state index in [1.807, 2.05) is 0 Å². The second-order valence-corrected chi connectivity index (χ2v) is 5.01. The molecule has 0 bridgehead atoms. The third-order valence-electron chi connectivity index (χ3n) is 3.89. The van der Waals surface area contributed by atoms with E-state index in [-0.39, 0.29) is 11.2 Å². The van der Waals surface area contributed by atoms with E-state index < -0.39 is 0 Å². The van der Waals surface area contributed by atoms with Crippen LogP contribution in [-0.4, -0.2) is 60.3 Å². The van der Waals surface area contributed by atoms with E-state index >= 15 is 0 Å². The quantitative estimate of drug-likeness (QED) is 0.732. The molecule has 2 aliphatic heterocycles. The molecule has 0 radical (unpaired) electrons. The highest BCUT2D eigenvalue weighted by Gasteiger charge is 2.30. The highest BCUT2D eigenvalue weighted by molar-refractivity contribution is 5.61. The molecule has 104 valence electrons. The average Bonchev–Trinajstić information content (AvgIpc) is 2.92. The van der Waals surface area contributed by atoms with Crippen LogP contribution in [-0.2, 0) is 4.74 Å². The van der Waals surface area contributed by atoms with Crippen molar-refractivity contribution in [2.75, 3.05) is 50.0 Å². The van der Waals surface area contributed by atoms with E-state index in [4.69, 9.17) is 10.5 Å². The second-order valence-electron chi connectivity index (χ2n) is 5.01. The van der Waals surface area contributed by atoms with Gasteiger partial charge in [-0.1, -0.05) is 0 Å². The number of ether oxygens (including phenoxy) is 1. The number of hydrogen-bond donors (Lipinski definition) is 2. The van der Waals surface area contributed by atoms with Crippen molar-refractivity contribution in [2.45, 2.75) is 12.5 Å². The normalized spacial score (nSPS) is 24.8. The molecule has 1 atom stereocenters. The molecule has 0 aromatic carbocycles. The van der Waals surface area contributed by atoms with Crippen LogP contribution in [0.5, 0.6) is 0 Å². The highest BCUT2D eigenvalue weighted by Crippen LogP contribution is 2.24. The van der Waals surface area contributed by atoms with Crippen LogP contribution in [0.25, 0.3) is 0 Å². The SMILES string of the molecule is Nc1c(N2CCC(N3CCOCC3)C2)nc[nH]c1=O. The molecule has 0 amide bonds. The number of nitrogens with one attached hydrogen (secondary N) is 1. The first-order chi connectivity index (χ1) is 9.25. The van der Waals surface area contributed by atoms with Crippen LogP contribution in [0.1, 0.15) is 6.42 Å². The monoisotopic (exact) mass is 265 g/mol. The van der Waals surface area contributed by atoms with Crippen LogP contribution in [0.15, 0.2) is 11.1 Å². The van der Waals surface area contributed by atoms with E-state index in [2.05, 4.69) is 19.8 Å². The molecule has 1 aromatic rings. The number of anilines is 2. The van der Waals surface area contributed by atoms with E-state index in [1.54, 1.807) is 0 Å². The topological polar surface area (TPSA) is 87.5 Å². The summed E-state index contributed by atoms with van der Waals surface area (Å²) >= 11 is 0. The van der Waals surface area contributed by atoms with Crippen LogP contribution >= 0.6 is 0 Å². The standard InChI is InChI=1S/C12H19N5O2/c13-10-11(14-8-15-12(10)18)17-2-1-9(7-17)16-3-5-19-6-4-16/h8-9H,1-7,13H2,(H,14,15,18). The van der Waals surface area contributed by atoms with Gasteiger partial charge in [0.05, 0.1) is 19.5 Å². The fraction of sp³-hybridized carbons (Fsp3) is 0.667. The lowest BCUT2D eigenvalue weighted by Gasteiger charge is -2.32. The lowest BCUT2D eigenvalue weighted by atomic mass is 10.2. The largest absolute Gasteiger partial charge is 0.391 e. The molecule has 7 nitrogen and oxygen atoms in total. The summed E-state index contributed by atoms with van der Waals surface area (Å²) in [5.74, 6) is 0.611. The number of aromatic amines is 1. The van der Waals surface area contributed by atoms with E-state index in [0.717, 1.165) is 45.8 Å². The lowest BCUT2D eigenvalue weighted by molar-refractivity contribution is 0.0209. The van der Waals surface area contributed by atoms with Gasteiger partial charge < -0.3 is 20.4 Å². The fourth-order valence-corrected chi connectivity index (χ4v) is 2.83. The first kappa shape index (κ1) is 12.4. The minimum absolute atomic E-state index is 0.213. The van der Waals surface area contributed by atoms with Crippen LogP contribution in [0.3, 0.4) is 0 Å². The number of H-pyrrole nitrogens is 1. The first-order valence-corrected chi connectivity index (χ1v) is 6.65. The summed E-state index contributed by atoms with van der Waals surface area (Å²) in [6, 6.07) is 0.504. The molecule has 2 aliphatic rings. The van der Waals surface area contributed by atoms with Gasteiger partial charge in [0.1, 0.15) is 5.69 Å². The van der Waals surface area contributed by atoms with Gasteiger partial charge >= 0.3 is 0 Å². The molecule has 1 aromatic heterocycles. The van der Waals surface area contributed by atoms with Gasteiger partial charge in [0.2, 0.25) is 0 Å². The summed E-state index contributed by atoms with van der Waals surface area (Å²) in [7, 11) is 0. The molecule has 3 rings (SSSR count). The molecule has 0 saturated carbocycles. The number of morpholine rings is 1. The Labute approximate surface area is 111 Å². The second kappa shape index (κ2) is 5.18. The Balaban J connectivity index is 1.71. The zero-order valence-electron chi connectivity index (χ0n) is 10.8. The third-order valence-corrected chi connectivity index (χ3v) is 3.89. The first-order valence-electron chi connectivity index (χ1n) is 6.65. The van der Waals surface area contributed by atoms with Crippen LogP contribution in [0.4, 0.5) is 11.5 Å². The Kier molecular flexibility index (Phi) is 3.39. The van der Waals surface area contributed by atoms with Crippen molar-refractivity contribution in [1.29, 1.82) is 0 Å². The van der Waals surface area contributed by atoms with Gasteiger partial charge in [0.25, 0.3) is 5.56 Å². The van der Waals surface area contributed by atoms with Crippen molar-refractivity contribution in [3.8, 4) is 0 Å². The summed E-state index contributed by atoms with van der Waals surface area (Å²) < 4.78 is 5.37. The number of nitrogen functional groups attached to an aromatic ring is 1. The molecule has 1 unspecified atom stereocenters. The van der Waals surface area contributed by atoms with Crippen molar-refractivity contribution in [3.05, 3.63) is 16.7 Å². The summed E-state index contributed by atoms with van der Waals surface area (Å²) in [5.41, 5.74) is 5.75. The molecule has 0 spiro atoms. The Morgan fingerprint density at radius 1 is 1.37 bits per heavy atom. The predicted molar refractivity (Wildman–Crippen MR) is 72.3 cm³/mol. The number of nitrogens with zero attached hydrogens (tertiary/aromatic N) is 3. The number of aromatic nitrogens is 2. The smallest absolute Gasteiger partial charge is 0.276 e. The number of nitrogens with two attached hydrogens (primary N) is 1. The van der Waals surface area contributed by atoms with E-state index in [0.29, 0.717) is 11.9 Å². The van der Waals surface area contributed by atoms with Gasteiger partial charge in [-0.3, -0.25) is 9.69 Å². The average molecular weight is 265 g/mol. The Hall–Kier alpha value is -1.60. The van der Waals surface area contributed by atoms with Gasteiger partial charge in [-0.2, -0.15) is 0 Å². The summed E-state index contributed by atoms with van der Waals surface area (Å²) in [6.45, 7) is 5.35. The summed E-state index contributed by atoms with van der Waals surface area (Å²) in [4.78, 5) is 22.8. The van der Waals surface area contributed by atoms with Gasteiger partial charge in [-0.15, -0.1) is 0 Å². The Morgan fingerprint density at radius 2 is 2.16 bits per heavy atom.